The number of hydrogen-bond acceptors (Lipinski definition) is 5. The van der Waals surface area contributed by atoms with Crippen molar-refractivity contribution >= 4 is 11.9 Å². The largest absolute Gasteiger partial charge is 0.550 e. The van der Waals surface area contributed by atoms with E-state index in [0.29, 0.717) is 12.8 Å². The summed E-state index contributed by atoms with van der Waals surface area (Å²) in [5.41, 5.74) is 0. The molecule has 2 atom stereocenters. The maximum absolute atomic E-state index is 11.4. The molecule has 0 radical (unpaired) electrons. The first-order valence-electron chi connectivity index (χ1n) is 5.15. The first-order chi connectivity index (χ1) is 7.16. The third-order valence-corrected chi connectivity index (χ3v) is 2.71. The third-order valence-electron chi connectivity index (χ3n) is 2.71. The molecule has 5 heteroatoms. The molecule has 1 fully saturated rings. The lowest BCUT2D eigenvalue weighted by Crippen LogP contribution is -2.41. The van der Waals surface area contributed by atoms with Crippen LogP contribution in [-0.4, -0.2) is 30.3 Å². The Balaban J connectivity index is 2.55. The average molecular weight is 215 g/mol. The van der Waals surface area contributed by atoms with Crippen LogP contribution in [0.25, 0.3) is 0 Å². The van der Waals surface area contributed by atoms with Gasteiger partial charge in [-0.05, 0) is 12.8 Å². The maximum atomic E-state index is 11.4. The van der Waals surface area contributed by atoms with Gasteiger partial charge >= 0.3 is 5.97 Å². The SMILES string of the molecule is O=C([O-])[C@H]1CCCC[C@@H]1C(=O)OCCO. The molecule has 86 valence electrons. The lowest BCUT2D eigenvalue weighted by atomic mass is 9.79. The molecule has 1 rings (SSSR count). The van der Waals surface area contributed by atoms with E-state index in [1.54, 1.807) is 0 Å². The lowest BCUT2D eigenvalue weighted by Gasteiger charge is -2.30. The summed E-state index contributed by atoms with van der Waals surface area (Å²) in [5.74, 6) is -3.04. The number of hydrogen-bond donors (Lipinski definition) is 1. The van der Waals surface area contributed by atoms with Crippen molar-refractivity contribution in [3.05, 3.63) is 0 Å². The van der Waals surface area contributed by atoms with Crippen molar-refractivity contribution < 1.29 is 24.5 Å². The number of ether oxygens (including phenoxy) is 1. The van der Waals surface area contributed by atoms with Crippen LogP contribution in [0.2, 0.25) is 0 Å². The summed E-state index contributed by atoms with van der Waals surface area (Å²) >= 11 is 0. The van der Waals surface area contributed by atoms with Gasteiger partial charge in [0.1, 0.15) is 6.61 Å². The molecule has 0 unspecified atom stereocenters. The monoisotopic (exact) mass is 215 g/mol. The van der Waals surface area contributed by atoms with Gasteiger partial charge in [0, 0.05) is 11.9 Å². The van der Waals surface area contributed by atoms with Crippen LogP contribution in [0.5, 0.6) is 0 Å². The van der Waals surface area contributed by atoms with E-state index >= 15 is 0 Å². The summed E-state index contributed by atoms with van der Waals surface area (Å²) in [7, 11) is 0. The molecule has 1 aliphatic carbocycles. The van der Waals surface area contributed by atoms with Crippen molar-refractivity contribution in [3.63, 3.8) is 0 Å². The number of carboxylic acids is 1. The van der Waals surface area contributed by atoms with Crippen molar-refractivity contribution in [2.75, 3.05) is 13.2 Å². The Morgan fingerprint density at radius 2 is 1.87 bits per heavy atom. The first kappa shape index (κ1) is 12.0. The Hall–Kier alpha value is -1.10. The molecule has 5 nitrogen and oxygen atoms in total. The Kier molecular flexibility index (Phi) is 4.55. The van der Waals surface area contributed by atoms with Crippen molar-refractivity contribution in [1.29, 1.82) is 0 Å². The zero-order chi connectivity index (χ0) is 11.3. The van der Waals surface area contributed by atoms with Crippen LogP contribution < -0.4 is 5.11 Å². The van der Waals surface area contributed by atoms with Gasteiger partial charge in [0.15, 0.2) is 0 Å². The molecule has 1 saturated carbocycles. The van der Waals surface area contributed by atoms with E-state index in [2.05, 4.69) is 0 Å². The summed E-state index contributed by atoms with van der Waals surface area (Å²) < 4.78 is 4.73. The van der Waals surface area contributed by atoms with Crippen molar-refractivity contribution in [2.24, 2.45) is 11.8 Å². The maximum Gasteiger partial charge on any atom is 0.309 e. The van der Waals surface area contributed by atoms with Crippen LogP contribution in [0, 0.1) is 11.8 Å². The number of esters is 1. The number of carbonyl (C=O) groups excluding carboxylic acids is 2. The predicted octanol–water partition coefficient (Wildman–Crippen LogP) is -0.922. The minimum absolute atomic E-state index is 0.0743. The van der Waals surface area contributed by atoms with E-state index < -0.39 is 23.8 Å². The summed E-state index contributed by atoms with van der Waals surface area (Å²) in [5, 5.41) is 19.3. The van der Waals surface area contributed by atoms with Crippen LogP contribution in [0.4, 0.5) is 0 Å². The van der Waals surface area contributed by atoms with Gasteiger partial charge in [-0.2, -0.15) is 0 Å². The summed E-state index contributed by atoms with van der Waals surface area (Å²) in [6.45, 7) is -0.316. The Bertz CT molecular complexity index is 238. The predicted molar refractivity (Wildman–Crippen MR) is 48.5 cm³/mol. The molecule has 0 heterocycles. The summed E-state index contributed by atoms with van der Waals surface area (Å²) in [4.78, 5) is 22.2. The van der Waals surface area contributed by atoms with Gasteiger partial charge in [-0.15, -0.1) is 0 Å². The van der Waals surface area contributed by atoms with Gasteiger partial charge in [0.2, 0.25) is 0 Å². The zero-order valence-corrected chi connectivity index (χ0v) is 8.48. The fourth-order valence-electron chi connectivity index (χ4n) is 1.95. The molecule has 0 aromatic heterocycles. The summed E-state index contributed by atoms with van der Waals surface area (Å²) in [6.07, 6.45) is 2.65. The number of rotatable bonds is 4. The molecule has 0 spiro atoms. The molecule has 0 aromatic rings. The molecule has 1 aliphatic rings. The second-order valence-electron chi connectivity index (χ2n) is 3.71. The van der Waals surface area contributed by atoms with E-state index in [9.17, 15) is 14.7 Å². The molecule has 0 saturated heterocycles. The molecule has 0 aromatic carbocycles. The fourth-order valence-corrected chi connectivity index (χ4v) is 1.95. The highest BCUT2D eigenvalue weighted by Gasteiger charge is 2.32. The standard InChI is InChI=1S/C10H16O5/c11-5-6-15-10(14)8-4-2-1-3-7(8)9(12)13/h7-8,11H,1-6H2,(H,12,13)/p-1/t7-,8-/m0/s1. The van der Waals surface area contributed by atoms with Crippen molar-refractivity contribution in [1.82, 2.24) is 0 Å². The Morgan fingerprint density at radius 1 is 1.27 bits per heavy atom. The van der Waals surface area contributed by atoms with Gasteiger partial charge in [-0.25, -0.2) is 0 Å². The van der Waals surface area contributed by atoms with Crippen LogP contribution in [-0.2, 0) is 14.3 Å². The molecule has 1 N–H and O–H groups in total. The molecular formula is C10H15O5-. The molecule has 0 bridgehead atoms. The van der Waals surface area contributed by atoms with Gasteiger partial charge in [0.25, 0.3) is 0 Å². The van der Waals surface area contributed by atoms with E-state index in [-0.39, 0.29) is 13.2 Å². The topological polar surface area (TPSA) is 86.7 Å². The van der Waals surface area contributed by atoms with E-state index in [1.807, 2.05) is 0 Å². The van der Waals surface area contributed by atoms with Crippen LogP contribution in [0.3, 0.4) is 0 Å². The fraction of sp³-hybridized carbons (Fsp3) is 0.800. The average Bonchev–Trinajstić information content (AvgIpc) is 2.25. The van der Waals surface area contributed by atoms with Gasteiger partial charge in [-0.3, -0.25) is 4.79 Å². The number of aliphatic hydroxyl groups excluding tert-OH is 1. The Morgan fingerprint density at radius 3 is 2.40 bits per heavy atom. The molecule has 0 amide bonds. The van der Waals surface area contributed by atoms with E-state index in [1.165, 1.54) is 0 Å². The van der Waals surface area contributed by atoms with Gasteiger partial charge in [0.05, 0.1) is 12.5 Å². The Labute approximate surface area is 88.0 Å². The third kappa shape index (κ3) is 3.20. The van der Waals surface area contributed by atoms with Crippen LogP contribution in [0.1, 0.15) is 25.7 Å². The molecule has 0 aliphatic heterocycles. The van der Waals surface area contributed by atoms with Crippen LogP contribution in [0.15, 0.2) is 0 Å². The molecular weight excluding hydrogens is 200 g/mol. The molecule has 15 heavy (non-hydrogen) atoms. The quantitative estimate of drug-likeness (QED) is 0.613. The number of aliphatic carboxylic acids is 1. The highest BCUT2D eigenvalue weighted by atomic mass is 16.5. The second-order valence-corrected chi connectivity index (χ2v) is 3.71. The normalized spacial score (nSPS) is 25.9. The highest BCUT2D eigenvalue weighted by molar-refractivity contribution is 5.80. The highest BCUT2D eigenvalue weighted by Crippen LogP contribution is 2.30. The first-order valence-corrected chi connectivity index (χ1v) is 5.15. The smallest absolute Gasteiger partial charge is 0.309 e. The minimum Gasteiger partial charge on any atom is -0.550 e. The van der Waals surface area contributed by atoms with E-state index in [4.69, 9.17) is 9.84 Å². The number of carboxylic acid groups (broad SMARTS) is 1. The zero-order valence-electron chi connectivity index (χ0n) is 8.48. The minimum atomic E-state index is -1.18. The number of aliphatic hydroxyl groups is 1. The van der Waals surface area contributed by atoms with Gasteiger partial charge in [-0.1, -0.05) is 12.8 Å². The van der Waals surface area contributed by atoms with Crippen molar-refractivity contribution in [2.45, 2.75) is 25.7 Å². The summed E-state index contributed by atoms with van der Waals surface area (Å²) in [6, 6.07) is 0. The second kappa shape index (κ2) is 5.70. The van der Waals surface area contributed by atoms with E-state index in [0.717, 1.165) is 12.8 Å². The van der Waals surface area contributed by atoms with Crippen LogP contribution >= 0.6 is 0 Å². The van der Waals surface area contributed by atoms with Crippen molar-refractivity contribution in [3.8, 4) is 0 Å². The van der Waals surface area contributed by atoms with Gasteiger partial charge < -0.3 is 19.7 Å². The number of carbonyl (C=O) groups is 2. The lowest BCUT2D eigenvalue weighted by molar-refractivity contribution is -0.314.